The summed E-state index contributed by atoms with van der Waals surface area (Å²) >= 11 is 1.83. The molecule has 4 heteroatoms. The number of aromatic nitrogens is 3. The summed E-state index contributed by atoms with van der Waals surface area (Å²) in [4.78, 5) is 0. The first-order valence-corrected chi connectivity index (χ1v) is 18.6. The summed E-state index contributed by atoms with van der Waals surface area (Å²) in [5, 5.41) is 17.0. The zero-order valence-corrected chi connectivity index (χ0v) is 29.7. The van der Waals surface area contributed by atoms with Gasteiger partial charge in [-0.2, -0.15) is 0 Å². The molecule has 0 bridgehead atoms. The molecule has 0 N–H and O–H groups in total. The van der Waals surface area contributed by atoms with E-state index in [0.29, 0.717) is 0 Å². The summed E-state index contributed by atoms with van der Waals surface area (Å²) in [6.07, 6.45) is 0.854. The minimum atomic E-state index is 0.844. The van der Waals surface area contributed by atoms with E-state index in [-0.39, 0.29) is 0 Å². The number of fused-ring (bicyclic) bond motifs is 6. The lowest BCUT2D eigenvalue weighted by Crippen LogP contribution is -2.05. The van der Waals surface area contributed by atoms with Crippen LogP contribution in [0.4, 0.5) is 0 Å². The molecule has 0 radical (unpaired) electrons. The lowest BCUT2D eigenvalue weighted by atomic mass is 9.82. The third-order valence-electron chi connectivity index (χ3n) is 10.8. The molecule has 2 heterocycles. The molecule has 7 aromatic carbocycles. The summed E-state index contributed by atoms with van der Waals surface area (Å²) < 4.78 is 2.48. The fourth-order valence-corrected chi connectivity index (χ4v) is 9.38. The molecule has 2 aromatic heterocycles. The van der Waals surface area contributed by atoms with Crippen LogP contribution in [0, 0.1) is 13.8 Å². The predicted octanol–water partition coefficient (Wildman–Crippen LogP) is 12.8. The van der Waals surface area contributed by atoms with Crippen LogP contribution in [0.3, 0.4) is 0 Å². The number of aryl methyl sites for hydroxylation is 1. The summed E-state index contributed by atoms with van der Waals surface area (Å²) in [7, 11) is 0. The van der Waals surface area contributed by atoms with Crippen LogP contribution >= 0.6 is 11.3 Å². The van der Waals surface area contributed by atoms with Gasteiger partial charge in [0.05, 0.1) is 0 Å². The molecule has 0 fully saturated rings. The average Bonchev–Trinajstić information content (AvgIpc) is 3.77. The fourth-order valence-electron chi connectivity index (χ4n) is 8.27. The smallest absolute Gasteiger partial charge is 0.106 e. The van der Waals surface area contributed by atoms with Gasteiger partial charge >= 0.3 is 0 Å². The van der Waals surface area contributed by atoms with E-state index in [0.717, 1.165) is 45.6 Å². The second-order valence-electron chi connectivity index (χ2n) is 13.7. The van der Waals surface area contributed by atoms with Gasteiger partial charge in [0.15, 0.2) is 0 Å². The van der Waals surface area contributed by atoms with Crippen molar-refractivity contribution in [1.82, 2.24) is 15.4 Å². The quantitative estimate of drug-likeness (QED) is 0.181. The highest BCUT2D eigenvalue weighted by atomic mass is 32.1. The maximum atomic E-state index is 5.13. The van der Waals surface area contributed by atoms with Crippen LogP contribution in [0.15, 0.2) is 152 Å². The van der Waals surface area contributed by atoms with Gasteiger partial charge in [-0.05, 0) is 98.8 Å². The summed E-state index contributed by atoms with van der Waals surface area (Å²) in [6, 6.07) is 54.5. The molecule has 0 spiro atoms. The standard InChI is InChI=1S/C48H33N3S/c1-29-27-39-35-21-10-9-19-33(35)28-40(39)43(30(29)2)46-47(32-17-7-4-8-18-32)49-51-50-48(46)45-37(25-26-42-44(45)38-23-13-14-24-41(38)52-42)36-22-12-11-20-34(36)31-15-5-3-6-16-31/h3-27H,28H2,1-2H3. The second-order valence-corrected chi connectivity index (χ2v) is 14.7. The van der Waals surface area contributed by atoms with Crippen molar-refractivity contribution in [3.05, 3.63) is 174 Å². The maximum Gasteiger partial charge on any atom is 0.106 e. The molecule has 246 valence electrons. The highest BCUT2D eigenvalue weighted by Crippen LogP contribution is 2.52. The van der Waals surface area contributed by atoms with Crippen molar-refractivity contribution >= 4 is 31.5 Å². The number of rotatable bonds is 5. The number of hydrogen-bond donors (Lipinski definition) is 0. The van der Waals surface area contributed by atoms with E-state index in [1.807, 2.05) is 11.3 Å². The Bertz CT molecular complexity index is 2840. The molecule has 0 amide bonds. The van der Waals surface area contributed by atoms with E-state index >= 15 is 0 Å². The highest BCUT2D eigenvalue weighted by molar-refractivity contribution is 7.26. The predicted molar refractivity (Wildman–Crippen MR) is 218 cm³/mol. The van der Waals surface area contributed by atoms with Gasteiger partial charge in [0, 0.05) is 36.9 Å². The van der Waals surface area contributed by atoms with E-state index in [1.54, 1.807) is 0 Å². The molecule has 10 rings (SSSR count). The molecule has 3 nitrogen and oxygen atoms in total. The molecule has 9 aromatic rings. The van der Waals surface area contributed by atoms with Gasteiger partial charge in [-0.15, -0.1) is 21.5 Å². The third-order valence-corrected chi connectivity index (χ3v) is 11.9. The zero-order valence-electron chi connectivity index (χ0n) is 28.9. The SMILES string of the molecule is Cc1cc2c(c(-c3c(-c4ccccc4)nnnc3-c3c(-c4ccccc4-c4ccccc4)ccc4sc5ccccc5c34)c1C)Cc1ccccc1-2. The number of benzene rings is 7. The van der Waals surface area contributed by atoms with Crippen molar-refractivity contribution in [1.29, 1.82) is 0 Å². The summed E-state index contributed by atoms with van der Waals surface area (Å²) in [6.45, 7) is 4.50. The monoisotopic (exact) mass is 683 g/mol. The second kappa shape index (κ2) is 12.2. The van der Waals surface area contributed by atoms with Gasteiger partial charge in [0.1, 0.15) is 11.4 Å². The van der Waals surface area contributed by atoms with Crippen LogP contribution in [-0.4, -0.2) is 15.4 Å². The van der Waals surface area contributed by atoms with Crippen molar-refractivity contribution in [3.8, 4) is 67.0 Å². The Kier molecular flexibility index (Phi) is 7.19. The Labute approximate surface area is 306 Å². The van der Waals surface area contributed by atoms with Gasteiger partial charge in [0.25, 0.3) is 0 Å². The van der Waals surface area contributed by atoms with Crippen LogP contribution < -0.4 is 0 Å². The van der Waals surface area contributed by atoms with Crippen LogP contribution in [0.25, 0.3) is 87.2 Å². The molecule has 1 aliphatic carbocycles. The average molecular weight is 684 g/mol. The van der Waals surface area contributed by atoms with Crippen molar-refractivity contribution in [3.63, 3.8) is 0 Å². The molecule has 0 saturated carbocycles. The van der Waals surface area contributed by atoms with Crippen LogP contribution in [-0.2, 0) is 6.42 Å². The molecule has 0 unspecified atom stereocenters. The number of hydrogen-bond acceptors (Lipinski definition) is 4. The van der Waals surface area contributed by atoms with E-state index in [1.165, 1.54) is 70.2 Å². The normalized spacial score (nSPS) is 12.0. The van der Waals surface area contributed by atoms with E-state index in [9.17, 15) is 0 Å². The Morgan fingerprint density at radius 2 is 1.13 bits per heavy atom. The molecule has 1 aliphatic rings. The highest BCUT2D eigenvalue weighted by Gasteiger charge is 2.31. The molecule has 0 aliphatic heterocycles. The number of nitrogens with zero attached hydrogens (tertiary/aromatic N) is 3. The van der Waals surface area contributed by atoms with Gasteiger partial charge < -0.3 is 0 Å². The minimum absolute atomic E-state index is 0.844. The molecular formula is C48H33N3S. The fraction of sp³-hybridized carbons (Fsp3) is 0.0625. The van der Waals surface area contributed by atoms with Crippen LogP contribution in [0.1, 0.15) is 22.3 Å². The zero-order chi connectivity index (χ0) is 34.8. The van der Waals surface area contributed by atoms with Gasteiger partial charge in [-0.25, -0.2) is 0 Å². The van der Waals surface area contributed by atoms with Crippen molar-refractivity contribution in [2.75, 3.05) is 0 Å². The Balaban J connectivity index is 1.38. The van der Waals surface area contributed by atoms with Crippen molar-refractivity contribution < 1.29 is 0 Å². The first-order chi connectivity index (χ1) is 25.7. The van der Waals surface area contributed by atoms with Crippen LogP contribution in [0.5, 0.6) is 0 Å². The van der Waals surface area contributed by atoms with Gasteiger partial charge in [0.2, 0.25) is 0 Å². The first-order valence-electron chi connectivity index (χ1n) is 17.8. The maximum absolute atomic E-state index is 5.13. The van der Waals surface area contributed by atoms with E-state index < -0.39 is 0 Å². The lowest BCUT2D eigenvalue weighted by molar-refractivity contribution is 0.878. The van der Waals surface area contributed by atoms with Crippen molar-refractivity contribution in [2.45, 2.75) is 20.3 Å². The van der Waals surface area contributed by atoms with Gasteiger partial charge in [-0.3, -0.25) is 0 Å². The molecule has 0 saturated heterocycles. The molecule has 0 atom stereocenters. The molecule has 52 heavy (non-hydrogen) atoms. The van der Waals surface area contributed by atoms with Crippen LogP contribution in [0.2, 0.25) is 0 Å². The molecular weight excluding hydrogens is 651 g/mol. The topological polar surface area (TPSA) is 38.7 Å². The Morgan fingerprint density at radius 1 is 0.481 bits per heavy atom. The van der Waals surface area contributed by atoms with E-state index in [4.69, 9.17) is 10.2 Å². The van der Waals surface area contributed by atoms with Crippen molar-refractivity contribution in [2.24, 2.45) is 0 Å². The minimum Gasteiger partial charge on any atom is -0.135 e. The Morgan fingerprint density at radius 3 is 1.94 bits per heavy atom. The van der Waals surface area contributed by atoms with Gasteiger partial charge in [-0.1, -0.05) is 140 Å². The largest absolute Gasteiger partial charge is 0.135 e. The first kappa shape index (κ1) is 30.6. The number of thiophene rings is 1. The third kappa shape index (κ3) is 4.75. The Hall–Kier alpha value is -6.23. The summed E-state index contributed by atoms with van der Waals surface area (Å²) in [5.41, 5.74) is 18.5. The van der Waals surface area contributed by atoms with E-state index in [2.05, 4.69) is 171 Å². The lowest BCUT2D eigenvalue weighted by Gasteiger charge is -2.22. The summed E-state index contributed by atoms with van der Waals surface area (Å²) in [5.74, 6) is 0.